The van der Waals surface area contributed by atoms with Gasteiger partial charge in [-0.1, -0.05) is 96.6 Å². The smallest absolute Gasteiger partial charge is 0.457 e. The fourth-order valence-electron chi connectivity index (χ4n) is 4.19. The lowest BCUT2D eigenvalue weighted by Crippen LogP contribution is -2.37. The number of allylic oxidation sites excluding steroid dienone is 2. The molecule has 0 aliphatic rings. The Morgan fingerprint density at radius 1 is 0.732 bits per heavy atom. The summed E-state index contributed by atoms with van der Waals surface area (Å²) in [5.41, 5.74) is 0. The number of unbranched alkanes of at least 4 members (excludes halogenated alkanes) is 14. The van der Waals surface area contributed by atoms with Crippen LogP contribution in [0.15, 0.2) is 12.2 Å². The van der Waals surface area contributed by atoms with Gasteiger partial charge in [-0.15, -0.1) is 0 Å². The van der Waals surface area contributed by atoms with Gasteiger partial charge in [0.05, 0.1) is 34.4 Å². The van der Waals surface area contributed by atoms with Crippen molar-refractivity contribution < 1.29 is 37.3 Å². The highest BCUT2D eigenvalue weighted by Crippen LogP contribution is 2.43. The molecule has 9 heteroatoms. The van der Waals surface area contributed by atoms with Crippen molar-refractivity contribution in [1.29, 1.82) is 0 Å². The van der Waals surface area contributed by atoms with Gasteiger partial charge in [0.15, 0.2) is 0 Å². The van der Waals surface area contributed by atoms with Gasteiger partial charge >= 0.3 is 13.8 Å². The third kappa shape index (κ3) is 30.5. The number of nitrogens with zero attached hydrogens (tertiary/aromatic N) is 1. The van der Waals surface area contributed by atoms with Crippen molar-refractivity contribution in [2.24, 2.45) is 0 Å². The molecule has 0 saturated carbocycles. The zero-order chi connectivity index (χ0) is 30.7. The molecule has 0 heterocycles. The Morgan fingerprint density at radius 2 is 1.27 bits per heavy atom. The normalized spacial score (nSPS) is 14.4. The van der Waals surface area contributed by atoms with Gasteiger partial charge < -0.3 is 18.9 Å². The van der Waals surface area contributed by atoms with Crippen molar-refractivity contribution in [2.45, 2.75) is 136 Å². The molecular weight excluding hydrogens is 541 g/mol. The van der Waals surface area contributed by atoms with Crippen LogP contribution in [0.1, 0.15) is 129 Å². The Bertz CT molecular complexity index is 681. The second kappa shape index (κ2) is 26.8. The van der Waals surface area contributed by atoms with Crippen LogP contribution in [0, 0.1) is 0 Å². The highest BCUT2D eigenvalue weighted by Gasteiger charge is 2.26. The number of carbonyl (C=O) groups is 1. The molecule has 244 valence electrons. The predicted octanol–water partition coefficient (Wildman–Crippen LogP) is 8.37. The highest BCUT2D eigenvalue weighted by molar-refractivity contribution is 7.47. The standard InChI is InChI=1S/C32H64NO7P/c1-6-8-10-12-14-15-16-17-18-19-20-21-23-25-32(34)40-31(29-37-27-24-22-13-11-9-7-2)30-39-41(35,36)38-28-26-33(3,4)5/h15-16,31H,6-14,17-30H2,1-5H3/p+1/b16-15-. The Kier molecular flexibility index (Phi) is 26.3. The SMILES string of the molecule is CCCCCC/C=C\CCCCCCCC(=O)OC(COCCCCCCCC)COP(=O)(O)OCC[N+](C)(C)C. The zero-order valence-electron chi connectivity index (χ0n) is 27.3. The van der Waals surface area contributed by atoms with E-state index >= 15 is 0 Å². The lowest BCUT2D eigenvalue weighted by atomic mass is 10.1. The van der Waals surface area contributed by atoms with E-state index in [1.54, 1.807) is 0 Å². The molecule has 0 rings (SSSR count). The minimum absolute atomic E-state index is 0.0889. The molecule has 0 bridgehead atoms. The van der Waals surface area contributed by atoms with Crippen LogP contribution in [0.4, 0.5) is 0 Å². The van der Waals surface area contributed by atoms with E-state index in [-0.39, 0.29) is 25.8 Å². The summed E-state index contributed by atoms with van der Waals surface area (Å²) in [5.74, 6) is -0.327. The van der Waals surface area contributed by atoms with Gasteiger partial charge in [-0.05, 0) is 38.5 Å². The Labute approximate surface area is 252 Å². The first-order valence-electron chi connectivity index (χ1n) is 16.4. The minimum Gasteiger partial charge on any atom is -0.457 e. The van der Waals surface area contributed by atoms with E-state index in [9.17, 15) is 14.3 Å². The van der Waals surface area contributed by atoms with Crippen LogP contribution in [0.2, 0.25) is 0 Å². The summed E-state index contributed by atoms with van der Waals surface area (Å²) < 4.78 is 34.5. The van der Waals surface area contributed by atoms with Gasteiger partial charge in [-0.2, -0.15) is 0 Å². The lowest BCUT2D eigenvalue weighted by Gasteiger charge is -2.24. The van der Waals surface area contributed by atoms with Crippen LogP contribution >= 0.6 is 7.82 Å². The first-order chi connectivity index (χ1) is 19.6. The molecule has 0 spiro atoms. The number of esters is 1. The molecule has 2 unspecified atom stereocenters. The molecule has 0 aliphatic carbocycles. The fourth-order valence-corrected chi connectivity index (χ4v) is 4.93. The van der Waals surface area contributed by atoms with Crippen molar-refractivity contribution in [1.82, 2.24) is 0 Å². The monoisotopic (exact) mass is 606 g/mol. The molecule has 2 atom stereocenters. The summed E-state index contributed by atoms with van der Waals surface area (Å²) >= 11 is 0. The van der Waals surface area contributed by atoms with Crippen molar-refractivity contribution in [2.75, 3.05) is 54.1 Å². The van der Waals surface area contributed by atoms with E-state index in [2.05, 4.69) is 26.0 Å². The van der Waals surface area contributed by atoms with Crippen molar-refractivity contribution >= 4 is 13.8 Å². The summed E-state index contributed by atoms with van der Waals surface area (Å²) in [6.45, 7) is 5.53. The number of hydrogen-bond acceptors (Lipinski definition) is 6. The van der Waals surface area contributed by atoms with Gasteiger partial charge in [0.25, 0.3) is 0 Å². The average molecular weight is 607 g/mol. The number of rotatable bonds is 30. The van der Waals surface area contributed by atoms with E-state index in [4.69, 9.17) is 18.5 Å². The van der Waals surface area contributed by atoms with Gasteiger partial charge in [0, 0.05) is 13.0 Å². The van der Waals surface area contributed by atoms with Crippen molar-refractivity contribution in [3.05, 3.63) is 12.2 Å². The van der Waals surface area contributed by atoms with Crippen LogP contribution in [0.5, 0.6) is 0 Å². The van der Waals surface area contributed by atoms with E-state index in [1.807, 2.05) is 21.1 Å². The molecule has 0 saturated heterocycles. The second-order valence-electron chi connectivity index (χ2n) is 12.2. The lowest BCUT2D eigenvalue weighted by molar-refractivity contribution is -0.870. The van der Waals surface area contributed by atoms with Crippen LogP contribution in [-0.4, -0.2) is 75.6 Å². The van der Waals surface area contributed by atoms with E-state index in [1.165, 1.54) is 64.2 Å². The second-order valence-corrected chi connectivity index (χ2v) is 13.6. The number of hydrogen-bond donors (Lipinski definition) is 1. The molecule has 0 fully saturated rings. The van der Waals surface area contributed by atoms with E-state index in [0.717, 1.165) is 44.9 Å². The number of quaternary nitrogens is 1. The number of ether oxygens (including phenoxy) is 2. The van der Waals surface area contributed by atoms with Crippen LogP contribution in [-0.2, 0) is 27.9 Å². The molecule has 8 nitrogen and oxygen atoms in total. The van der Waals surface area contributed by atoms with Gasteiger partial charge in [0.1, 0.15) is 19.3 Å². The first-order valence-corrected chi connectivity index (χ1v) is 17.9. The summed E-state index contributed by atoms with van der Waals surface area (Å²) in [6.07, 6.45) is 23.9. The number of phosphoric ester groups is 1. The molecule has 0 aromatic carbocycles. The molecule has 0 aromatic rings. The quantitative estimate of drug-likeness (QED) is 0.0289. The Balaban J connectivity index is 4.32. The fraction of sp³-hybridized carbons (Fsp3) is 0.906. The third-order valence-electron chi connectivity index (χ3n) is 6.83. The topological polar surface area (TPSA) is 91.3 Å². The molecule has 0 aromatic heterocycles. The predicted molar refractivity (Wildman–Crippen MR) is 169 cm³/mol. The van der Waals surface area contributed by atoms with Gasteiger partial charge in [-0.3, -0.25) is 13.8 Å². The minimum atomic E-state index is -4.25. The summed E-state index contributed by atoms with van der Waals surface area (Å²) in [7, 11) is 1.66. The maximum absolute atomic E-state index is 12.5. The van der Waals surface area contributed by atoms with E-state index < -0.39 is 13.9 Å². The molecule has 1 N–H and O–H groups in total. The number of carbonyl (C=O) groups excluding carboxylic acids is 1. The van der Waals surface area contributed by atoms with E-state index in [0.29, 0.717) is 24.1 Å². The largest absolute Gasteiger partial charge is 0.472 e. The third-order valence-corrected chi connectivity index (χ3v) is 7.81. The van der Waals surface area contributed by atoms with Crippen LogP contribution < -0.4 is 0 Å². The Hall–Kier alpha value is -0.760. The summed E-state index contributed by atoms with van der Waals surface area (Å²) in [4.78, 5) is 22.6. The van der Waals surface area contributed by atoms with Crippen LogP contribution in [0.25, 0.3) is 0 Å². The van der Waals surface area contributed by atoms with Crippen LogP contribution in [0.3, 0.4) is 0 Å². The zero-order valence-corrected chi connectivity index (χ0v) is 28.2. The molecule has 0 amide bonds. The maximum atomic E-state index is 12.5. The highest BCUT2D eigenvalue weighted by atomic mass is 31.2. The van der Waals surface area contributed by atoms with Crippen molar-refractivity contribution in [3.8, 4) is 0 Å². The molecule has 0 aliphatic heterocycles. The number of likely N-dealkylation sites (N-methyl/N-ethyl adjacent to an activating group) is 1. The number of phosphoric acid groups is 1. The maximum Gasteiger partial charge on any atom is 0.472 e. The Morgan fingerprint density at radius 3 is 1.88 bits per heavy atom. The first kappa shape index (κ1) is 40.2. The average Bonchev–Trinajstić information content (AvgIpc) is 2.90. The van der Waals surface area contributed by atoms with Crippen molar-refractivity contribution in [3.63, 3.8) is 0 Å². The summed E-state index contributed by atoms with van der Waals surface area (Å²) in [6, 6.07) is 0. The molecule has 41 heavy (non-hydrogen) atoms. The van der Waals surface area contributed by atoms with Gasteiger partial charge in [0.2, 0.25) is 0 Å². The molecular formula is C32H65NO7P+. The van der Waals surface area contributed by atoms with Gasteiger partial charge in [-0.25, -0.2) is 4.57 Å². The molecule has 0 radical (unpaired) electrons. The summed E-state index contributed by atoms with van der Waals surface area (Å²) in [5, 5.41) is 0.